The number of hydrogen-bond acceptors (Lipinski definition) is 4. The number of fused-ring (bicyclic) bond motifs is 2. The van der Waals surface area contributed by atoms with E-state index in [2.05, 4.69) is 15.1 Å². The Morgan fingerprint density at radius 3 is 2.32 bits per heavy atom. The molecule has 0 amide bonds. The fourth-order valence-corrected chi connectivity index (χ4v) is 2.83. The van der Waals surface area contributed by atoms with Crippen molar-refractivity contribution in [2.45, 2.75) is 0 Å². The maximum absolute atomic E-state index is 11.4. The SMILES string of the molecule is Nc1ccc2[nH]cc(-c3[nH]c4ccc(N)cc4c3N=O)c2c1. The van der Waals surface area contributed by atoms with E-state index < -0.39 is 0 Å². The van der Waals surface area contributed by atoms with Gasteiger partial charge in [0, 0.05) is 44.9 Å². The average Bonchev–Trinajstić information content (AvgIpc) is 3.06. The molecule has 108 valence electrons. The van der Waals surface area contributed by atoms with Crippen LogP contribution in [0.3, 0.4) is 0 Å². The van der Waals surface area contributed by atoms with Gasteiger partial charge in [0.15, 0.2) is 0 Å². The summed E-state index contributed by atoms with van der Waals surface area (Å²) in [5, 5.41) is 4.85. The molecule has 22 heavy (non-hydrogen) atoms. The van der Waals surface area contributed by atoms with Crippen molar-refractivity contribution in [2.75, 3.05) is 11.5 Å². The molecule has 6 nitrogen and oxygen atoms in total. The van der Waals surface area contributed by atoms with E-state index in [1.807, 2.05) is 30.5 Å². The average molecular weight is 291 g/mol. The van der Waals surface area contributed by atoms with Gasteiger partial charge >= 0.3 is 0 Å². The van der Waals surface area contributed by atoms with Gasteiger partial charge in [-0.3, -0.25) is 0 Å². The number of anilines is 2. The Hall–Kier alpha value is -3.28. The van der Waals surface area contributed by atoms with Crippen LogP contribution in [0.5, 0.6) is 0 Å². The zero-order valence-corrected chi connectivity index (χ0v) is 11.6. The van der Waals surface area contributed by atoms with Gasteiger partial charge in [-0.1, -0.05) is 0 Å². The number of hydrogen-bond donors (Lipinski definition) is 4. The minimum atomic E-state index is 0.352. The summed E-state index contributed by atoms with van der Waals surface area (Å²) >= 11 is 0. The number of nitroso groups, excluding NO2 is 1. The number of rotatable bonds is 2. The first-order valence-electron chi connectivity index (χ1n) is 6.79. The van der Waals surface area contributed by atoms with Crippen molar-refractivity contribution in [1.82, 2.24) is 9.97 Å². The summed E-state index contributed by atoms with van der Waals surface area (Å²) < 4.78 is 0. The zero-order valence-electron chi connectivity index (χ0n) is 11.6. The molecule has 0 aliphatic heterocycles. The van der Waals surface area contributed by atoms with E-state index in [1.54, 1.807) is 12.1 Å². The highest BCUT2D eigenvalue weighted by Crippen LogP contribution is 2.40. The van der Waals surface area contributed by atoms with Crippen molar-refractivity contribution >= 4 is 38.9 Å². The Morgan fingerprint density at radius 2 is 1.59 bits per heavy atom. The number of H-pyrrole nitrogens is 2. The molecule has 0 spiro atoms. The van der Waals surface area contributed by atoms with Crippen molar-refractivity contribution in [3.63, 3.8) is 0 Å². The van der Waals surface area contributed by atoms with E-state index in [0.717, 1.165) is 22.0 Å². The summed E-state index contributed by atoms with van der Waals surface area (Å²) in [5.74, 6) is 0. The molecule has 0 fully saturated rings. The van der Waals surface area contributed by atoms with E-state index in [1.165, 1.54) is 0 Å². The second-order valence-corrected chi connectivity index (χ2v) is 5.25. The van der Waals surface area contributed by atoms with Crippen LogP contribution in [0.15, 0.2) is 47.8 Å². The second kappa shape index (κ2) is 4.36. The largest absolute Gasteiger partial charge is 0.399 e. The van der Waals surface area contributed by atoms with Crippen molar-refractivity contribution < 1.29 is 0 Å². The van der Waals surface area contributed by atoms with Crippen molar-refractivity contribution in [2.24, 2.45) is 5.18 Å². The lowest BCUT2D eigenvalue weighted by molar-refractivity contribution is 1.42. The molecule has 0 radical (unpaired) electrons. The van der Waals surface area contributed by atoms with Crippen LogP contribution in [0.2, 0.25) is 0 Å². The predicted octanol–water partition coefficient (Wildman–Crippen LogP) is 3.88. The lowest BCUT2D eigenvalue weighted by Crippen LogP contribution is -1.83. The first kappa shape index (κ1) is 12.5. The highest BCUT2D eigenvalue weighted by molar-refractivity contribution is 6.06. The number of aromatic nitrogens is 2. The maximum atomic E-state index is 11.4. The number of nitrogens with zero attached hydrogens (tertiary/aromatic N) is 1. The topological polar surface area (TPSA) is 113 Å². The van der Waals surface area contributed by atoms with E-state index in [0.29, 0.717) is 28.1 Å². The highest BCUT2D eigenvalue weighted by atomic mass is 16.3. The second-order valence-electron chi connectivity index (χ2n) is 5.25. The van der Waals surface area contributed by atoms with Gasteiger partial charge in [-0.15, -0.1) is 4.91 Å². The molecular formula is C16H13N5O. The Bertz CT molecular complexity index is 1030. The van der Waals surface area contributed by atoms with Crippen LogP contribution in [0.4, 0.5) is 17.1 Å². The van der Waals surface area contributed by atoms with Gasteiger partial charge in [0.2, 0.25) is 0 Å². The van der Waals surface area contributed by atoms with E-state index in [4.69, 9.17) is 11.5 Å². The fraction of sp³-hybridized carbons (Fsp3) is 0. The molecule has 4 aromatic rings. The third-order valence-electron chi connectivity index (χ3n) is 3.86. The third-order valence-corrected chi connectivity index (χ3v) is 3.86. The first-order valence-corrected chi connectivity index (χ1v) is 6.79. The zero-order chi connectivity index (χ0) is 15.3. The van der Waals surface area contributed by atoms with Gasteiger partial charge in [-0.2, -0.15) is 0 Å². The molecule has 0 bridgehead atoms. The first-order chi connectivity index (χ1) is 10.7. The number of benzene rings is 2. The van der Waals surface area contributed by atoms with Gasteiger partial charge < -0.3 is 21.4 Å². The minimum absolute atomic E-state index is 0.352. The fourth-order valence-electron chi connectivity index (χ4n) is 2.83. The number of nitrogens with two attached hydrogens (primary N) is 2. The lowest BCUT2D eigenvalue weighted by Gasteiger charge is -1.98. The maximum Gasteiger partial charge on any atom is 0.141 e. The number of aromatic amines is 2. The number of nitrogen functional groups attached to an aromatic ring is 2. The molecule has 6 heteroatoms. The molecule has 2 heterocycles. The van der Waals surface area contributed by atoms with Crippen LogP contribution in [0.25, 0.3) is 33.1 Å². The van der Waals surface area contributed by atoms with Gasteiger partial charge in [0.05, 0.1) is 5.69 Å². The summed E-state index contributed by atoms with van der Waals surface area (Å²) in [7, 11) is 0. The molecule has 4 rings (SSSR count). The summed E-state index contributed by atoms with van der Waals surface area (Å²) in [6.45, 7) is 0. The summed E-state index contributed by atoms with van der Waals surface area (Å²) in [5.41, 5.74) is 16.6. The van der Waals surface area contributed by atoms with Gasteiger partial charge in [0.1, 0.15) is 5.69 Å². The molecule has 2 aromatic heterocycles. The molecule has 2 aromatic carbocycles. The van der Waals surface area contributed by atoms with Crippen LogP contribution >= 0.6 is 0 Å². The molecule has 0 saturated carbocycles. The third kappa shape index (κ3) is 1.67. The van der Waals surface area contributed by atoms with Gasteiger partial charge in [-0.05, 0) is 41.6 Å². The Labute approximate surface area is 125 Å². The molecule has 0 aliphatic carbocycles. The monoisotopic (exact) mass is 291 g/mol. The molecule has 0 atom stereocenters. The molecular weight excluding hydrogens is 278 g/mol. The van der Waals surface area contributed by atoms with Crippen LogP contribution < -0.4 is 11.5 Å². The number of nitrogens with one attached hydrogen (secondary N) is 2. The lowest BCUT2D eigenvalue weighted by atomic mass is 10.1. The van der Waals surface area contributed by atoms with Crippen LogP contribution in [-0.2, 0) is 0 Å². The Balaban J connectivity index is 2.07. The summed E-state index contributed by atoms with van der Waals surface area (Å²) in [4.78, 5) is 17.8. The molecule has 6 N–H and O–H groups in total. The predicted molar refractivity (Wildman–Crippen MR) is 89.9 cm³/mol. The van der Waals surface area contributed by atoms with Crippen molar-refractivity contribution in [3.05, 3.63) is 47.5 Å². The van der Waals surface area contributed by atoms with Crippen molar-refractivity contribution in [1.29, 1.82) is 0 Å². The molecule has 0 aliphatic rings. The van der Waals surface area contributed by atoms with E-state index in [-0.39, 0.29) is 0 Å². The summed E-state index contributed by atoms with van der Waals surface area (Å²) in [6.07, 6.45) is 1.84. The van der Waals surface area contributed by atoms with Gasteiger partial charge in [0.25, 0.3) is 0 Å². The summed E-state index contributed by atoms with van der Waals surface area (Å²) in [6, 6.07) is 11.0. The molecule has 0 saturated heterocycles. The Morgan fingerprint density at radius 1 is 0.909 bits per heavy atom. The smallest absolute Gasteiger partial charge is 0.141 e. The van der Waals surface area contributed by atoms with Crippen LogP contribution in [0, 0.1) is 4.91 Å². The van der Waals surface area contributed by atoms with E-state index >= 15 is 0 Å². The highest BCUT2D eigenvalue weighted by Gasteiger charge is 2.17. The quantitative estimate of drug-likeness (QED) is 0.332. The standard InChI is InChI=1S/C16H13N5O/c17-8-1-3-13-10(5-8)12(7-19-13)15-16(21-22)11-6-9(18)2-4-14(11)20-15/h1-7,19-20H,17-18H2. The van der Waals surface area contributed by atoms with E-state index in [9.17, 15) is 4.91 Å². The normalized spacial score (nSPS) is 11.3. The Kier molecular flexibility index (Phi) is 2.47. The van der Waals surface area contributed by atoms with Gasteiger partial charge in [-0.25, -0.2) is 0 Å². The van der Waals surface area contributed by atoms with Crippen molar-refractivity contribution in [3.8, 4) is 11.3 Å². The minimum Gasteiger partial charge on any atom is -0.399 e. The van der Waals surface area contributed by atoms with Crippen LogP contribution in [-0.4, -0.2) is 9.97 Å². The van der Waals surface area contributed by atoms with Crippen LogP contribution in [0.1, 0.15) is 0 Å². The molecule has 0 unspecified atom stereocenters.